The second-order valence-corrected chi connectivity index (χ2v) is 6.19. The number of nitrogens with one attached hydrogen (secondary N) is 1. The van der Waals surface area contributed by atoms with Crippen LogP contribution in [0.25, 0.3) is 0 Å². The summed E-state index contributed by atoms with van der Waals surface area (Å²) in [6.45, 7) is 0.00682. The van der Waals surface area contributed by atoms with E-state index in [2.05, 4.69) is 5.32 Å². The summed E-state index contributed by atoms with van der Waals surface area (Å²) in [5.74, 6) is -0.520. The highest BCUT2D eigenvalue weighted by molar-refractivity contribution is 6.04. The number of alkyl halides is 3. The monoisotopic (exact) mass is 397 g/mol. The Morgan fingerprint density at radius 1 is 1.03 bits per heavy atom. The van der Waals surface area contributed by atoms with Crippen molar-refractivity contribution in [3.05, 3.63) is 99.5 Å². The number of anilines is 1. The van der Waals surface area contributed by atoms with Crippen molar-refractivity contribution in [2.24, 2.45) is 0 Å². The van der Waals surface area contributed by atoms with Gasteiger partial charge in [-0.3, -0.25) is 9.59 Å². The minimum absolute atomic E-state index is 0.00682. The van der Waals surface area contributed by atoms with E-state index in [0.29, 0.717) is 16.8 Å². The van der Waals surface area contributed by atoms with E-state index in [0.717, 1.165) is 12.1 Å². The van der Waals surface area contributed by atoms with Crippen molar-refractivity contribution in [2.75, 3.05) is 5.32 Å². The van der Waals surface area contributed by atoms with Crippen molar-refractivity contribution < 1.29 is 18.0 Å². The standard InChI is InChI=1S/C21H14F3N3O2/c22-21(23,24)17-8-5-14(6-9-17)12-27-13-16(7-10-19(27)28)20(29)26-18-4-2-1-3-15(18)11-25/h1-10,13H,12H2,(H,26,29). The number of pyridine rings is 1. The smallest absolute Gasteiger partial charge is 0.321 e. The van der Waals surface area contributed by atoms with Crippen LogP contribution in [0.5, 0.6) is 0 Å². The van der Waals surface area contributed by atoms with E-state index in [1.165, 1.54) is 35.0 Å². The lowest BCUT2D eigenvalue weighted by Gasteiger charge is -2.11. The lowest BCUT2D eigenvalue weighted by atomic mass is 10.1. The summed E-state index contributed by atoms with van der Waals surface area (Å²) in [5.41, 5.74) is 0.0907. The van der Waals surface area contributed by atoms with E-state index in [4.69, 9.17) is 5.26 Å². The molecule has 2 aromatic carbocycles. The number of para-hydroxylation sites is 1. The molecule has 8 heteroatoms. The van der Waals surface area contributed by atoms with Gasteiger partial charge in [0.1, 0.15) is 6.07 Å². The fourth-order valence-electron chi connectivity index (χ4n) is 2.67. The molecule has 0 saturated carbocycles. The maximum Gasteiger partial charge on any atom is 0.416 e. The Balaban J connectivity index is 1.82. The van der Waals surface area contributed by atoms with Crippen LogP contribution in [0, 0.1) is 11.3 Å². The SMILES string of the molecule is N#Cc1ccccc1NC(=O)c1ccc(=O)n(Cc2ccc(C(F)(F)F)cc2)c1. The van der Waals surface area contributed by atoms with E-state index in [1.54, 1.807) is 24.3 Å². The third-order valence-electron chi connectivity index (χ3n) is 4.18. The van der Waals surface area contributed by atoms with Gasteiger partial charge in [-0.25, -0.2) is 0 Å². The van der Waals surface area contributed by atoms with E-state index in [1.807, 2.05) is 6.07 Å². The molecule has 1 heterocycles. The summed E-state index contributed by atoms with van der Waals surface area (Å²) in [6, 6.07) is 15.4. The minimum atomic E-state index is -4.44. The Morgan fingerprint density at radius 3 is 2.38 bits per heavy atom. The van der Waals surface area contributed by atoms with Gasteiger partial charge in [0.15, 0.2) is 0 Å². The first-order valence-electron chi connectivity index (χ1n) is 8.45. The first-order valence-corrected chi connectivity index (χ1v) is 8.45. The van der Waals surface area contributed by atoms with Gasteiger partial charge < -0.3 is 9.88 Å². The van der Waals surface area contributed by atoms with Gasteiger partial charge in [-0.05, 0) is 35.9 Å². The minimum Gasteiger partial charge on any atom is -0.321 e. The molecule has 0 radical (unpaired) electrons. The number of halogens is 3. The molecule has 1 N–H and O–H groups in total. The largest absolute Gasteiger partial charge is 0.416 e. The number of rotatable bonds is 4. The molecule has 0 aliphatic rings. The summed E-state index contributed by atoms with van der Waals surface area (Å²) in [5, 5.41) is 11.7. The normalized spacial score (nSPS) is 11.0. The number of hydrogen-bond acceptors (Lipinski definition) is 3. The van der Waals surface area contributed by atoms with Crippen LogP contribution in [-0.4, -0.2) is 10.5 Å². The fraction of sp³-hybridized carbons (Fsp3) is 0.0952. The number of nitriles is 1. The summed E-state index contributed by atoms with van der Waals surface area (Å²) in [7, 11) is 0. The maximum absolute atomic E-state index is 12.7. The average molecular weight is 397 g/mol. The van der Waals surface area contributed by atoms with Crippen molar-refractivity contribution in [1.82, 2.24) is 4.57 Å². The van der Waals surface area contributed by atoms with Gasteiger partial charge in [-0.1, -0.05) is 24.3 Å². The number of carbonyl (C=O) groups is 1. The molecular formula is C21H14F3N3O2. The second-order valence-electron chi connectivity index (χ2n) is 6.19. The van der Waals surface area contributed by atoms with E-state index >= 15 is 0 Å². The molecule has 0 atom stereocenters. The number of amides is 1. The summed E-state index contributed by atoms with van der Waals surface area (Å²) in [4.78, 5) is 24.6. The third kappa shape index (κ3) is 4.71. The highest BCUT2D eigenvalue weighted by Crippen LogP contribution is 2.29. The van der Waals surface area contributed by atoms with Crippen molar-refractivity contribution in [3.63, 3.8) is 0 Å². The molecule has 0 aliphatic heterocycles. The molecule has 0 aliphatic carbocycles. The molecule has 1 amide bonds. The maximum atomic E-state index is 12.7. The fourth-order valence-corrected chi connectivity index (χ4v) is 2.67. The van der Waals surface area contributed by atoms with Gasteiger partial charge in [-0.2, -0.15) is 18.4 Å². The number of hydrogen-bond donors (Lipinski definition) is 1. The Labute approximate surface area is 163 Å². The van der Waals surface area contributed by atoms with Gasteiger partial charge in [-0.15, -0.1) is 0 Å². The molecule has 5 nitrogen and oxygen atoms in total. The zero-order valence-electron chi connectivity index (χ0n) is 14.9. The molecule has 3 aromatic rings. The highest BCUT2D eigenvalue weighted by atomic mass is 19.4. The van der Waals surface area contributed by atoms with Crippen molar-refractivity contribution in [1.29, 1.82) is 5.26 Å². The van der Waals surface area contributed by atoms with Crippen LogP contribution >= 0.6 is 0 Å². The first-order chi connectivity index (χ1) is 13.8. The zero-order valence-corrected chi connectivity index (χ0v) is 14.9. The van der Waals surface area contributed by atoms with Gasteiger partial charge in [0.25, 0.3) is 11.5 Å². The number of benzene rings is 2. The molecule has 0 spiro atoms. The molecule has 0 saturated heterocycles. The van der Waals surface area contributed by atoms with Crippen LogP contribution in [0.2, 0.25) is 0 Å². The van der Waals surface area contributed by atoms with E-state index in [-0.39, 0.29) is 12.1 Å². The summed E-state index contributed by atoms with van der Waals surface area (Å²) >= 11 is 0. The first kappa shape index (κ1) is 19.9. The second kappa shape index (κ2) is 8.02. The van der Waals surface area contributed by atoms with Gasteiger partial charge >= 0.3 is 6.18 Å². The zero-order chi connectivity index (χ0) is 21.0. The Kier molecular flexibility index (Phi) is 5.50. The van der Waals surface area contributed by atoms with Crippen LogP contribution in [0.15, 0.2) is 71.7 Å². The molecule has 0 fully saturated rings. The van der Waals surface area contributed by atoms with Gasteiger partial charge in [0.2, 0.25) is 0 Å². The van der Waals surface area contributed by atoms with Crippen LogP contribution in [-0.2, 0) is 12.7 Å². The summed E-state index contributed by atoms with van der Waals surface area (Å²) < 4.78 is 39.2. The number of aromatic nitrogens is 1. The van der Waals surface area contributed by atoms with E-state index < -0.39 is 23.2 Å². The molecular weight excluding hydrogens is 383 g/mol. The molecule has 1 aromatic heterocycles. The van der Waals surface area contributed by atoms with Crippen LogP contribution in [0.3, 0.4) is 0 Å². The van der Waals surface area contributed by atoms with E-state index in [9.17, 15) is 22.8 Å². The van der Waals surface area contributed by atoms with Crippen LogP contribution in [0.4, 0.5) is 18.9 Å². The van der Waals surface area contributed by atoms with Crippen molar-refractivity contribution in [2.45, 2.75) is 12.7 Å². The molecule has 146 valence electrons. The molecule has 3 rings (SSSR count). The molecule has 0 unspecified atom stereocenters. The lowest BCUT2D eigenvalue weighted by Crippen LogP contribution is -2.22. The Hall–Kier alpha value is -3.86. The van der Waals surface area contributed by atoms with Crippen LogP contribution < -0.4 is 10.9 Å². The van der Waals surface area contributed by atoms with Gasteiger partial charge in [0.05, 0.1) is 28.9 Å². The third-order valence-corrected chi connectivity index (χ3v) is 4.18. The predicted molar refractivity (Wildman–Crippen MR) is 100 cm³/mol. The predicted octanol–water partition coefficient (Wildman–Crippen LogP) is 4.04. The van der Waals surface area contributed by atoms with Crippen molar-refractivity contribution >= 4 is 11.6 Å². The lowest BCUT2D eigenvalue weighted by molar-refractivity contribution is -0.137. The van der Waals surface area contributed by atoms with Crippen LogP contribution in [0.1, 0.15) is 27.0 Å². The van der Waals surface area contributed by atoms with Gasteiger partial charge in [0, 0.05) is 12.3 Å². The highest BCUT2D eigenvalue weighted by Gasteiger charge is 2.29. The summed E-state index contributed by atoms with van der Waals surface area (Å²) in [6.07, 6.45) is -3.11. The van der Waals surface area contributed by atoms with Crippen molar-refractivity contribution in [3.8, 4) is 6.07 Å². The number of carbonyl (C=O) groups excluding carboxylic acids is 1. The molecule has 29 heavy (non-hydrogen) atoms. The Morgan fingerprint density at radius 2 is 1.72 bits per heavy atom. The quantitative estimate of drug-likeness (QED) is 0.722. The average Bonchev–Trinajstić information content (AvgIpc) is 2.69. The topological polar surface area (TPSA) is 74.9 Å². The Bertz CT molecular complexity index is 1140. The number of nitrogens with zero attached hydrogens (tertiary/aromatic N) is 2. The molecule has 0 bridgehead atoms.